The Bertz CT molecular complexity index is 542. The standard InChI is InChI=1S/C12H11BrClN3O/c13-10-2-1-9(7-11(10)14)16-12(18)3-5-17-6-4-15-8-17/h1-2,4,6-8H,3,5H2,(H,16,18). The van der Waals surface area contributed by atoms with Gasteiger partial charge in [0.15, 0.2) is 0 Å². The number of carbonyl (C=O) groups is 1. The quantitative estimate of drug-likeness (QED) is 0.936. The van der Waals surface area contributed by atoms with E-state index in [1.165, 1.54) is 0 Å². The maximum absolute atomic E-state index is 11.7. The maximum Gasteiger partial charge on any atom is 0.226 e. The summed E-state index contributed by atoms with van der Waals surface area (Å²) in [6, 6.07) is 5.31. The lowest BCUT2D eigenvalue weighted by Gasteiger charge is -2.06. The molecule has 2 rings (SSSR count). The van der Waals surface area contributed by atoms with E-state index in [0.29, 0.717) is 23.7 Å². The Morgan fingerprint density at radius 3 is 3.00 bits per heavy atom. The second kappa shape index (κ2) is 6.02. The molecule has 4 nitrogen and oxygen atoms in total. The van der Waals surface area contributed by atoms with Crippen LogP contribution < -0.4 is 5.32 Å². The van der Waals surface area contributed by atoms with Crippen molar-refractivity contribution in [3.8, 4) is 0 Å². The average Bonchev–Trinajstić information content (AvgIpc) is 2.84. The number of nitrogens with zero attached hydrogens (tertiary/aromatic N) is 2. The molecule has 1 aromatic carbocycles. The van der Waals surface area contributed by atoms with Crippen molar-refractivity contribution in [1.29, 1.82) is 0 Å². The van der Waals surface area contributed by atoms with Crippen molar-refractivity contribution in [3.63, 3.8) is 0 Å². The van der Waals surface area contributed by atoms with Crippen molar-refractivity contribution < 1.29 is 4.79 Å². The summed E-state index contributed by atoms with van der Waals surface area (Å²) in [5.41, 5.74) is 0.693. The summed E-state index contributed by atoms with van der Waals surface area (Å²) in [4.78, 5) is 15.6. The Hall–Kier alpha value is -1.33. The Morgan fingerprint density at radius 2 is 2.33 bits per heavy atom. The minimum atomic E-state index is -0.0536. The van der Waals surface area contributed by atoms with Crippen LogP contribution in [0.4, 0.5) is 5.69 Å². The Labute approximate surface area is 118 Å². The molecule has 0 saturated carbocycles. The number of nitrogens with one attached hydrogen (secondary N) is 1. The van der Waals surface area contributed by atoms with Gasteiger partial charge in [0.25, 0.3) is 0 Å². The molecule has 0 aliphatic carbocycles. The van der Waals surface area contributed by atoms with Crippen LogP contribution in [0.1, 0.15) is 6.42 Å². The van der Waals surface area contributed by atoms with Gasteiger partial charge in [-0.25, -0.2) is 4.98 Å². The summed E-state index contributed by atoms with van der Waals surface area (Å²) in [6.45, 7) is 0.607. The first-order chi connectivity index (χ1) is 8.65. The number of hydrogen-bond donors (Lipinski definition) is 1. The van der Waals surface area contributed by atoms with E-state index >= 15 is 0 Å². The first kappa shape index (κ1) is 13.1. The molecule has 1 aromatic heterocycles. The Morgan fingerprint density at radius 1 is 1.50 bits per heavy atom. The summed E-state index contributed by atoms with van der Waals surface area (Å²) >= 11 is 9.24. The van der Waals surface area contributed by atoms with E-state index in [2.05, 4.69) is 26.2 Å². The molecule has 0 aliphatic heterocycles. The minimum Gasteiger partial charge on any atom is -0.337 e. The van der Waals surface area contributed by atoms with Gasteiger partial charge in [-0.15, -0.1) is 0 Å². The van der Waals surface area contributed by atoms with Crippen LogP contribution in [0.15, 0.2) is 41.4 Å². The fourth-order valence-corrected chi connectivity index (χ4v) is 1.87. The van der Waals surface area contributed by atoms with Gasteiger partial charge in [-0.1, -0.05) is 11.6 Å². The third kappa shape index (κ3) is 3.58. The van der Waals surface area contributed by atoms with E-state index < -0.39 is 0 Å². The van der Waals surface area contributed by atoms with Gasteiger partial charge in [-0.2, -0.15) is 0 Å². The number of aryl methyl sites for hydroxylation is 1. The zero-order valence-electron chi connectivity index (χ0n) is 9.44. The van der Waals surface area contributed by atoms with Crippen molar-refractivity contribution in [3.05, 3.63) is 46.4 Å². The van der Waals surface area contributed by atoms with E-state index in [1.807, 2.05) is 10.8 Å². The largest absolute Gasteiger partial charge is 0.337 e. The first-order valence-electron chi connectivity index (χ1n) is 5.36. The SMILES string of the molecule is O=C(CCn1ccnc1)Nc1ccc(Br)c(Cl)c1. The highest BCUT2D eigenvalue weighted by Gasteiger charge is 2.04. The highest BCUT2D eigenvalue weighted by atomic mass is 79.9. The van der Waals surface area contributed by atoms with Crippen LogP contribution >= 0.6 is 27.5 Å². The molecule has 0 fully saturated rings. The highest BCUT2D eigenvalue weighted by molar-refractivity contribution is 9.10. The molecule has 2 aromatic rings. The van der Waals surface area contributed by atoms with E-state index in [0.717, 1.165) is 4.47 Å². The van der Waals surface area contributed by atoms with Gasteiger partial charge in [0.1, 0.15) is 0 Å². The topological polar surface area (TPSA) is 46.9 Å². The lowest BCUT2D eigenvalue weighted by atomic mass is 10.3. The summed E-state index contributed by atoms with van der Waals surface area (Å²) in [6.07, 6.45) is 5.59. The zero-order chi connectivity index (χ0) is 13.0. The lowest BCUT2D eigenvalue weighted by molar-refractivity contribution is -0.116. The monoisotopic (exact) mass is 327 g/mol. The molecule has 6 heteroatoms. The second-order valence-electron chi connectivity index (χ2n) is 3.73. The van der Waals surface area contributed by atoms with Gasteiger partial charge >= 0.3 is 0 Å². The van der Waals surface area contributed by atoms with Gasteiger partial charge < -0.3 is 9.88 Å². The van der Waals surface area contributed by atoms with Crippen molar-refractivity contribution in [2.45, 2.75) is 13.0 Å². The van der Waals surface area contributed by atoms with E-state index in [4.69, 9.17) is 11.6 Å². The number of carbonyl (C=O) groups excluding carboxylic acids is 1. The molecule has 0 atom stereocenters. The fraction of sp³-hybridized carbons (Fsp3) is 0.167. The van der Waals surface area contributed by atoms with Crippen LogP contribution in [-0.4, -0.2) is 15.5 Å². The molecular weight excluding hydrogens is 318 g/mol. The molecule has 0 bridgehead atoms. The molecular formula is C12H11BrClN3O. The smallest absolute Gasteiger partial charge is 0.226 e. The number of imidazole rings is 1. The number of amides is 1. The van der Waals surface area contributed by atoms with Gasteiger partial charge in [-0.05, 0) is 34.1 Å². The van der Waals surface area contributed by atoms with Gasteiger partial charge in [0.05, 0.1) is 11.3 Å². The van der Waals surface area contributed by atoms with Crippen LogP contribution in [0.25, 0.3) is 0 Å². The minimum absolute atomic E-state index is 0.0536. The molecule has 1 heterocycles. The Balaban J connectivity index is 1.88. The zero-order valence-corrected chi connectivity index (χ0v) is 11.8. The summed E-state index contributed by atoms with van der Waals surface area (Å²) < 4.78 is 2.66. The van der Waals surface area contributed by atoms with E-state index in [9.17, 15) is 4.79 Å². The van der Waals surface area contributed by atoms with E-state index in [1.54, 1.807) is 30.7 Å². The summed E-state index contributed by atoms with van der Waals surface area (Å²) in [5, 5.41) is 3.37. The number of hydrogen-bond acceptors (Lipinski definition) is 2. The maximum atomic E-state index is 11.7. The second-order valence-corrected chi connectivity index (χ2v) is 4.99. The number of halogens is 2. The number of anilines is 1. The lowest BCUT2D eigenvalue weighted by Crippen LogP contribution is -2.13. The van der Waals surface area contributed by atoms with Crippen molar-refractivity contribution >= 4 is 39.1 Å². The van der Waals surface area contributed by atoms with Crippen molar-refractivity contribution in [2.75, 3.05) is 5.32 Å². The van der Waals surface area contributed by atoms with Crippen LogP contribution in [-0.2, 0) is 11.3 Å². The molecule has 94 valence electrons. The van der Waals surface area contributed by atoms with Gasteiger partial charge in [0, 0.05) is 35.5 Å². The molecule has 0 radical (unpaired) electrons. The van der Waals surface area contributed by atoms with Gasteiger partial charge in [0.2, 0.25) is 5.91 Å². The molecule has 0 aliphatic rings. The molecule has 18 heavy (non-hydrogen) atoms. The molecule has 1 N–H and O–H groups in total. The molecule has 1 amide bonds. The Kier molecular flexibility index (Phi) is 4.38. The first-order valence-corrected chi connectivity index (χ1v) is 6.53. The molecule has 0 spiro atoms. The van der Waals surface area contributed by atoms with Crippen LogP contribution in [0.3, 0.4) is 0 Å². The van der Waals surface area contributed by atoms with Crippen LogP contribution in [0, 0.1) is 0 Å². The predicted molar refractivity (Wildman–Crippen MR) is 74.6 cm³/mol. The molecule has 0 saturated heterocycles. The predicted octanol–water partition coefficient (Wildman–Crippen LogP) is 3.33. The van der Waals surface area contributed by atoms with E-state index in [-0.39, 0.29) is 5.91 Å². The highest BCUT2D eigenvalue weighted by Crippen LogP contribution is 2.25. The normalized spacial score (nSPS) is 10.3. The number of benzene rings is 1. The van der Waals surface area contributed by atoms with Crippen LogP contribution in [0.2, 0.25) is 5.02 Å². The molecule has 0 unspecified atom stereocenters. The third-order valence-electron chi connectivity index (χ3n) is 2.36. The fourth-order valence-electron chi connectivity index (χ4n) is 1.45. The van der Waals surface area contributed by atoms with Gasteiger partial charge in [-0.3, -0.25) is 4.79 Å². The average molecular weight is 329 g/mol. The third-order valence-corrected chi connectivity index (χ3v) is 3.59. The number of aromatic nitrogens is 2. The number of rotatable bonds is 4. The summed E-state index contributed by atoms with van der Waals surface area (Å²) in [7, 11) is 0. The van der Waals surface area contributed by atoms with Crippen molar-refractivity contribution in [1.82, 2.24) is 9.55 Å². The van der Waals surface area contributed by atoms with Crippen molar-refractivity contribution in [2.24, 2.45) is 0 Å². The summed E-state index contributed by atoms with van der Waals surface area (Å²) in [5.74, 6) is -0.0536. The van der Waals surface area contributed by atoms with Crippen LogP contribution in [0.5, 0.6) is 0 Å².